The number of halogens is 1. The van der Waals surface area contributed by atoms with E-state index in [1.54, 1.807) is 37.3 Å². The SMILES string of the molecule is CC(C(=O)c1ccccc1)/C(=C\c1ccc(F)cc1)C(=O)O. The molecule has 0 saturated carbocycles. The lowest BCUT2D eigenvalue weighted by Crippen LogP contribution is -2.19. The van der Waals surface area contributed by atoms with Gasteiger partial charge < -0.3 is 5.11 Å². The summed E-state index contributed by atoms with van der Waals surface area (Å²) in [6, 6.07) is 14.0. The predicted octanol–water partition coefficient (Wildman–Crippen LogP) is 3.81. The van der Waals surface area contributed by atoms with Gasteiger partial charge in [-0.2, -0.15) is 0 Å². The number of hydrogen-bond acceptors (Lipinski definition) is 2. The van der Waals surface area contributed by atoms with Crippen LogP contribution < -0.4 is 0 Å². The van der Waals surface area contributed by atoms with Crippen LogP contribution in [-0.2, 0) is 4.79 Å². The molecule has 0 aliphatic heterocycles. The maximum absolute atomic E-state index is 12.9. The molecule has 0 aliphatic rings. The molecule has 0 aromatic heterocycles. The summed E-state index contributed by atoms with van der Waals surface area (Å²) in [5, 5.41) is 9.36. The summed E-state index contributed by atoms with van der Waals surface area (Å²) in [5.74, 6) is -2.63. The minimum absolute atomic E-state index is 0.0274. The minimum atomic E-state index is -1.17. The van der Waals surface area contributed by atoms with Crippen molar-refractivity contribution in [2.24, 2.45) is 5.92 Å². The van der Waals surface area contributed by atoms with Gasteiger partial charge in [0.1, 0.15) is 5.82 Å². The first kappa shape index (κ1) is 15.6. The maximum Gasteiger partial charge on any atom is 0.332 e. The summed E-state index contributed by atoms with van der Waals surface area (Å²) >= 11 is 0. The molecular formula is C18H15FO3. The molecular weight excluding hydrogens is 283 g/mol. The van der Waals surface area contributed by atoms with Gasteiger partial charge in [0.05, 0.1) is 5.92 Å². The van der Waals surface area contributed by atoms with Crippen LogP contribution >= 0.6 is 0 Å². The summed E-state index contributed by atoms with van der Waals surface area (Å²) < 4.78 is 12.9. The third kappa shape index (κ3) is 3.67. The molecule has 2 rings (SSSR count). The van der Waals surface area contributed by atoms with Gasteiger partial charge in [-0.25, -0.2) is 9.18 Å². The first-order valence-corrected chi connectivity index (χ1v) is 6.78. The monoisotopic (exact) mass is 298 g/mol. The highest BCUT2D eigenvalue weighted by Gasteiger charge is 2.24. The Kier molecular flexibility index (Phi) is 4.84. The molecule has 0 radical (unpaired) electrons. The second-order valence-corrected chi connectivity index (χ2v) is 4.91. The fourth-order valence-electron chi connectivity index (χ4n) is 2.10. The zero-order valence-corrected chi connectivity index (χ0v) is 12.0. The molecule has 112 valence electrons. The lowest BCUT2D eigenvalue weighted by Gasteiger charge is -2.12. The summed E-state index contributed by atoms with van der Waals surface area (Å²) in [4.78, 5) is 23.8. The second-order valence-electron chi connectivity index (χ2n) is 4.91. The number of aliphatic carboxylic acids is 1. The summed E-state index contributed by atoms with van der Waals surface area (Å²) in [5.41, 5.74) is 0.966. The third-order valence-corrected chi connectivity index (χ3v) is 3.36. The number of benzene rings is 2. The van der Waals surface area contributed by atoms with Crippen LogP contribution in [0.5, 0.6) is 0 Å². The number of Topliss-reactive ketones (excluding diaryl/α,β-unsaturated/α-hetero) is 1. The molecule has 2 aromatic rings. The lowest BCUT2D eigenvalue weighted by atomic mass is 9.91. The van der Waals surface area contributed by atoms with E-state index >= 15 is 0 Å². The molecule has 0 spiro atoms. The van der Waals surface area contributed by atoms with Crippen LogP contribution in [0.1, 0.15) is 22.8 Å². The zero-order chi connectivity index (χ0) is 16.1. The minimum Gasteiger partial charge on any atom is -0.478 e. The molecule has 0 bridgehead atoms. The molecule has 1 unspecified atom stereocenters. The Morgan fingerprint density at radius 2 is 1.64 bits per heavy atom. The van der Waals surface area contributed by atoms with E-state index in [1.165, 1.54) is 30.3 Å². The van der Waals surface area contributed by atoms with E-state index in [1.807, 2.05) is 0 Å². The molecule has 1 atom stereocenters. The van der Waals surface area contributed by atoms with Crippen molar-refractivity contribution < 1.29 is 19.1 Å². The van der Waals surface area contributed by atoms with Gasteiger partial charge in [0, 0.05) is 11.1 Å². The summed E-state index contributed by atoms with van der Waals surface area (Å²) in [7, 11) is 0. The Bertz CT molecular complexity index is 703. The van der Waals surface area contributed by atoms with Gasteiger partial charge in [-0.1, -0.05) is 49.4 Å². The van der Waals surface area contributed by atoms with Crippen LogP contribution in [-0.4, -0.2) is 16.9 Å². The van der Waals surface area contributed by atoms with Gasteiger partial charge in [-0.05, 0) is 23.8 Å². The van der Waals surface area contributed by atoms with E-state index in [9.17, 15) is 19.1 Å². The molecule has 2 aromatic carbocycles. The first-order valence-electron chi connectivity index (χ1n) is 6.78. The van der Waals surface area contributed by atoms with E-state index < -0.39 is 17.7 Å². The average molecular weight is 298 g/mol. The van der Waals surface area contributed by atoms with Crippen LogP contribution in [0, 0.1) is 11.7 Å². The molecule has 0 amide bonds. The van der Waals surface area contributed by atoms with E-state index in [2.05, 4.69) is 0 Å². The highest BCUT2D eigenvalue weighted by molar-refractivity contribution is 6.06. The van der Waals surface area contributed by atoms with Crippen molar-refractivity contribution in [2.75, 3.05) is 0 Å². The quantitative estimate of drug-likeness (QED) is 0.674. The topological polar surface area (TPSA) is 54.4 Å². The lowest BCUT2D eigenvalue weighted by molar-refractivity contribution is -0.133. The third-order valence-electron chi connectivity index (χ3n) is 3.36. The van der Waals surface area contributed by atoms with Crippen molar-refractivity contribution in [3.05, 3.63) is 77.1 Å². The van der Waals surface area contributed by atoms with E-state index in [0.717, 1.165) is 0 Å². The van der Waals surface area contributed by atoms with Crippen molar-refractivity contribution in [3.8, 4) is 0 Å². The van der Waals surface area contributed by atoms with Crippen molar-refractivity contribution in [3.63, 3.8) is 0 Å². The van der Waals surface area contributed by atoms with E-state index in [0.29, 0.717) is 11.1 Å². The Balaban J connectivity index is 2.33. The number of carboxylic acids is 1. The van der Waals surface area contributed by atoms with E-state index in [-0.39, 0.29) is 11.4 Å². The number of carbonyl (C=O) groups excluding carboxylic acids is 1. The number of hydrogen-bond donors (Lipinski definition) is 1. The van der Waals surface area contributed by atoms with Crippen molar-refractivity contribution >= 4 is 17.8 Å². The highest BCUT2D eigenvalue weighted by Crippen LogP contribution is 2.20. The van der Waals surface area contributed by atoms with Crippen LogP contribution in [0.2, 0.25) is 0 Å². The van der Waals surface area contributed by atoms with Crippen molar-refractivity contribution in [2.45, 2.75) is 6.92 Å². The summed E-state index contributed by atoms with van der Waals surface area (Å²) in [6.45, 7) is 1.55. The molecule has 0 fully saturated rings. The standard InChI is InChI=1S/C18H15FO3/c1-12(17(20)14-5-3-2-4-6-14)16(18(21)22)11-13-7-9-15(19)10-8-13/h2-12H,1H3,(H,21,22)/b16-11+. The van der Waals surface area contributed by atoms with Gasteiger partial charge in [0.2, 0.25) is 0 Å². The van der Waals surface area contributed by atoms with Crippen LogP contribution in [0.3, 0.4) is 0 Å². The van der Waals surface area contributed by atoms with Crippen molar-refractivity contribution in [1.29, 1.82) is 0 Å². The van der Waals surface area contributed by atoms with Gasteiger partial charge in [0.15, 0.2) is 5.78 Å². The number of carboxylic acid groups (broad SMARTS) is 1. The Morgan fingerprint density at radius 3 is 2.18 bits per heavy atom. The Labute approximate surface area is 127 Å². The Hall–Kier alpha value is -2.75. The van der Waals surface area contributed by atoms with Crippen LogP contribution in [0.15, 0.2) is 60.2 Å². The van der Waals surface area contributed by atoms with Gasteiger partial charge in [-0.15, -0.1) is 0 Å². The largest absolute Gasteiger partial charge is 0.478 e. The normalized spacial score (nSPS) is 12.7. The first-order chi connectivity index (χ1) is 10.5. The zero-order valence-electron chi connectivity index (χ0n) is 12.0. The van der Waals surface area contributed by atoms with Crippen LogP contribution in [0.4, 0.5) is 4.39 Å². The smallest absolute Gasteiger partial charge is 0.332 e. The van der Waals surface area contributed by atoms with Gasteiger partial charge >= 0.3 is 5.97 Å². The number of carbonyl (C=O) groups is 2. The summed E-state index contributed by atoms with van der Waals surface area (Å²) in [6.07, 6.45) is 1.40. The fourth-order valence-corrected chi connectivity index (χ4v) is 2.10. The highest BCUT2D eigenvalue weighted by atomic mass is 19.1. The van der Waals surface area contributed by atoms with Crippen molar-refractivity contribution in [1.82, 2.24) is 0 Å². The molecule has 1 N–H and O–H groups in total. The predicted molar refractivity (Wildman–Crippen MR) is 81.9 cm³/mol. The number of ketones is 1. The average Bonchev–Trinajstić information content (AvgIpc) is 2.53. The van der Waals surface area contributed by atoms with Crippen LogP contribution in [0.25, 0.3) is 6.08 Å². The maximum atomic E-state index is 12.9. The molecule has 0 heterocycles. The van der Waals surface area contributed by atoms with Gasteiger partial charge in [0.25, 0.3) is 0 Å². The molecule has 0 saturated heterocycles. The second kappa shape index (κ2) is 6.80. The Morgan fingerprint density at radius 1 is 1.05 bits per heavy atom. The molecule has 3 nitrogen and oxygen atoms in total. The molecule has 4 heteroatoms. The van der Waals surface area contributed by atoms with Gasteiger partial charge in [-0.3, -0.25) is 4.79 Å². The molecule has 0 aliphatic carbocycles. The fraction of sp³-hybridized carbons (Fsp3) is 0.111. The molecule has 22 heavy (non-hydrogen) atoms. The number of rotatable bonds is 5. The van der Waals surface area contributed by atoms with E-state index in [4.69, 9.17) is 0 Å².